The summed E-state index contributed by atoms with van der Waals surface area (Å²) in [4.78, 5) is 33.1. The summed E-state index contributed by atoms with van der Waals surface area (Å²) in [7, 11) is 1.49. The highest BCUT2D eigenvalue weighted by atomic mass is 35.5. The summed E-state index contributed by atoms with van der Waals surface area (Å²) in [5.41, 5.74) is 0.652. The third kappa shape index (κ3) is 6.75. The Balaban J connectivity index is 1.37. The first-order valence-electron chi connectivity index (χ1n) is 13.0. The molecule has 13 heteroatoms. The molecule has 0 spiro atoms. The van der Waals surface area contributed by atoms with E-state index < -0.39 is 0 Å². The topological polar surface area (TPSA) is 124 Å². The minimum Gasteiger partial charge on any atom is -0.492 e. The van der Waals surface area contributed by atoms with Crippen LogP contribution in [0.4, 0.5) is 11.6 Å². The van der Waals surface area contributed by atoms with Gasteiger partial charge in [0, 0.05) is 64.6 Å². The first kappa shape index (κ1) is 27.1. The lowest BCUT2D eigenvalue weighted by atomic mass is 10.1. The molecular weight excluding hydrogens is 526 g/mol. The van der Waals surface area contributed by atoms with Gasteiger partial charge in [0.05, 0.1) is 37.4 Å². The van der Waals surface area contributed by atoms with Crippen LogP contribution in [0.25, 0.3) is 10.9 Å². The van der Waals surface area contributed by atoms with Gasteiger partial charge in [-0.3, -0.25) is 9.69 Å². The number of aromatic nitrogens is 4. The second-order valence-electron chi connectivity index (χ2n) is 9.34. The maximum atomic E-state index is 11.6. The molecule has 2 aliphatic rings. The van der Waals surface area contributed by atoms with Crippen LogP contribution in [0.5, 0.6) is 17.5 Å². The van der Waals surface area contributed by atoms with E-state index in [0.29, 0.717) is 58.9 Å². The standard InChI is InChI=1S/C26H32ClN7O5/c1-17(35)34-7-5-33(6-8-34)9-12-38-19-13-21-23(22(14-19)39-18-3-10-37-11-4-18)25(30-16-29-21)31-24-20(27)15-28-26(32-24)36-2/h13-16,18H,3-12H2,1-2H3,(H,28,29,30,31,32). The Bertz CT molecular complexity index is 1300. The number of nitrogens with zero attached hydrogens (tertiary/aromatic N) is 6. The largest absolute Gasteiger partial charge is 0.492 e. The van der Waals surface area contributed by atoms with E-state index >= 15 is 0 Å². The molecule has 1 amide bonds. The maximum Gasteiger partial charge on any atom is 0.318 e. The molecule has 208 valence electrons. The number of rotatable bonds is 9. The molecule has 2 fully saturated rings. The van der Waals surface area contributed by atoms with Crippen LogP contribution >= 0.6 is 11.6 Å². The summed E-state index contributed by atoms with van der Waals surface area (Å²) in [5, 5.41) is 4.19. The van der Waals surface area contributed by atoms with Gasteiger partial charge in [-0.15, -0.1) is 0 Å². The van der Waals surface area contributed by atoms with Crippen molar-refractivity contribution in [3.05, 3.63) is 29.7 Å². The van der Waals surface area contributed by atoms with Gasteiger partial charge in [-0.1, -0.05) is 11.6 Å². The Kier molecular flexibility index (Phi) is 8.74. The van der Waals surface area contributed by atoms with Gasteiger partial charge in [0.2, 0.25) is 5.91 Å². The van der Waals surface area contributed by atoms with Gasteiger partial charge >= 0.3 is 6.01 Å². The quantitative estimate of drug-likeness (QED) is 0.417. The highest BCUT2D eigenvalue weighted by Gasteiger charge is 2.22. The first-order valence-corrected chi connectivity index (χ1v) is 13.4. The zero-order valence-electron chi connectivity index (χ0n) is 22.1. The molecule has 2 aromatic heterocycles. The highest BCUT2D eigenvalue weighted by molar-refractivity contribution is 6.33. The summed E-state index contributed by atoms with van der Waals surface area (Å²) in [6, 6.07) is 3.93. The van der Waals surface area contributed by atoms with Crippen LogP contribution < -0.4 is 19.5 Å². The summed E-state index contributed by atoms with van der Waals surface area (Å²) in [5.74, 6) is 2.21. The molecule has 12 nitrogen and oxygen atoms in total. The van der Waals surface area contributed by atoms with Crippen LogP contribution in [-0.4, -0.2) is 101 Å². The van der Waals surface area contributed by atoms with Gasteiger partial charge in [0.25, 0.3) is 0 Å². The van der Waals surface area contributed by atoms with Crippen molar-refractivity contribution in [3.63, 3.8) is 0 Å². The number of amides is 1. The summed E-state index contributed by atoms with van der Waals surface area (Å²) < 4.78 is 23.3. The van der Waals surface area contributed by atoms with Crippen molar-refractivity contribution in [1.29, 1.82) is 0 Å². The number of benzene rings is 1. The number of methoxy groups -OCH3 is 1. The van der Waals surface area contributed by atoms with Gasteiger partial charge in [0.15, 0.2) is 5.82 Å². The van der Waals surface area contributed by atoms with E-state index in [0.717, 1.165) is 45.6 Å². The van der Waals surface area contributed by atoms with Crippen LogP contribution in [0, 0.1) is 0 Å². The number of hydrogen-bond donors (Lipinski definition) is 1. The fraction of sp³-hybridized carbons (Fsp3) is 0.500. The number of nitrogens with one attached hydrogen (secondary N) is 1. The fourth-order valence-electron chi connectivity index (χ4n) is 4.60. The summed E-state index contributed by atoms with van der Waals surface area (Å²) >= 11 is 6.34. The van der Waals surface area contributed by atoms with E-state index in [1.807, 2.05) is 17.0 Å². The van der Waals surface area contributed by atoms with Crippen molar-refractivity contribution >= 4 is 40.0 Å². The maximum absolute atomic E-state index is 11.6. The molecule has 0 aliphatic carbocycles. The molecule has 5 rings (SSSR count). The lowest BCUT2D eigenvalue weighted by Gasteiger charge is -2.34. The Morgan fingerprint density at radius 3 is 2.67 bits per heavy atom. The third-order valence-electron chi connectivity index (χ3n) is 6.77. The van der Waals surface area contributed by atoms with Crippen LogP contribution in [0.2, 0.25) is 5.02 Å². The van der Waals surface area contributed by atoms with Gasteiger partial charge in [-0.25, -0.2) is 15.0 Å². The number of carbonyl (C=O) groups is 1. The minimum absolute atomic E-state index is 0.00874. The van der Waals surface area contributed by atoms with Crippen molar-refractivity contribution < 1.29 is 23.7 Å². The number of halogens is 1. The smallest absolute Gasteiger partial charge is 0.318 e. The molecule has 0 radical (unpaired) electrons. The predicted molar refractivity (Wildman–Crippen MR) is 145 cm³/mol. The second kappa shape index (κ2) is 12.6. The molecule has 2 saturated heterocycles. The lowest BCUT2D eigenvalue weighted by Crippen LogP contribution is -2.48. The van der Waals surface area contributed by atoms with E-state index in [1.54, 1.807) is 6.92 Å². The molecule has 4 heterocycles. The molecule has 2 aliphatic heterocycles. The van der Waals surface area contributed by atoms with Crippen LogP contribution in [-0.2, 0) is 9.53 Å². The predicted octanol–water partition coefficient (Wildman–Crippen LogP) is 2.93. The third-order valence-corrected chi connectivity index (χ3v) is 7.05. The van der Waals surface area contributed by atoms with Gasteiger partial charge < -0.3 is 29.2 Å². The molecule has 1 N–H and O–H groups in total. The van der Waals surface area contributed by atoms with E-state index in [9.17, 15) is 4.79 Å². The van der Waals surface area contributed by atoms with Gasteiger partial charge in [0.1, 0.15) is 41.4 Å². The van der Waals surface area contributed by atoms with E-state index in [4.69, 9.17) is 30.5 Å². The molecule has 0 bridgehead atoms. The van der Waals surface area contributed by atoms with E-state index in [-0.39, 0.29) is 18.0 Å². The van der Waals surface area contributed by atoms with Crippen molar-refractivity contribution in [2.24, 2.45) is 0 Å². The Labute approximate surface area is 231 Å². The zero-order valence-corrected chi connectivity index (χ0v) is 22.8. The fourth-order valence-corrected chi connectivity index (χ4v) is 4.74. The van der Waals surface area contributed by atoms with Gasteiger partial charge in [-0.05, 0) is 0 Å². The SMILES string of the molecule is COc1ncc(Cl)c(Nc2ncnc3cc(OCCN4CCN(C(C)=O)CC4)cc(OC4CCOCC4)c23)n1. The van der Waals surface area contributed by atoms with Gasteiger partial charge in [-0.2, -0.15) is 4.98 Å². The second-order valence-corrected chi connectivity index (χ2v) is 9.75. The Morgan fingerprint density at radius 2 is 1.92 bits per heavy atom. The molecule has 1 aromatic carbocycles. The van der Waals surface area contributed by atoms with E-state index in [2.05, 4.69) is 30.2 Å². The Hall–Kier alpha value is -3.48. The number of fused-ring (bicyclic) bond motifs is 1. The number of carbonyl (C=O) groups excluding carboxylic acids is 1. The van der Waals surface area contributed by atoms with Crippen molar-refractivity contribution in [2.75, 3.05) is 65.0 Å². The summed E-state index contributed by atoms with van der Waals surface area (Å²) in [6.45, 7) is 7.30. The monoisotopic (exact) mass is 557 g/mol. The van der Waals surface area contributed by atoms with Crippen molar-refractivity contribution in [2.45, 2.75) is 25.9 Å². The van der Waals surface area contributed by atoms with Crippen molar-refractivity contribution in [1.82, 2.24) is 29.7 Å². The lowest BCUT2D eigenvalue weighted by molar-refractivity contribution is -0.130. The normalized spacial score (nSPS) is 16.7. The first-order chi connectivity index (χ1) is 19.0. The van der Waals surface area contributed by atoms with Crippen LogP contribution in [0.3, 0.4) is 0 Å². The minimum atomic E-state index is -0.00874. The summed E-state index contributed by atoms with van der Waals surface area (Å²) in [6.07, 6.45) is 4.48. The molecule has 3 aromatic rings. The molecular formula is C26H32ClN7O5. The number of hydrogen-bond acceptors (Lipinski definition) is 11. The molecule has 39 heavy (non-hydrogen) atoms. The van der Waals surface area contributed by atoms with Crippen molar-refractivity contribution in [3.8, 4) is 17.5 Å². The number of piperazine rings is 1. The zero-order chi connectivity index (χ0) is 27.2. The average Bonchev–Trinajstić information content (AvgIpc) is 2.95. The molecule has 0 saturated carbocycles. The molecule has 0 atom stereocenters. The average molecular weight is 558 g/mol. The van der Waals surface area contributed by atoms with Crippen LogP contribution in [0.15, 0.2) is 24.7 Å². The Morgan fingerprint density at radius 1 is 1.13 bits per heavy atom. The van der Waals surface area contributed by atoms with E-state index in [1.165, 1.54) is 19.6 Å². The van der Waals surface area contributed by atoms with Crippen LogP contribution in [0.1, 0.15) is 19.8 Å². The number of ether oxygens (including phenoxy) is 4. The number of anilines is 2. The molecule has 0 unspecified atom stereocenters. The highest BCUT2D eigenvalue weighted by Crippen LogP contribution is 2.37.